The summed E-state index contributed by atoms with van der Waals surface area (Å²) in [6, 6.07) is 15.3. The maximum atomic E-state index is 12.1. The maximum Gasteiger partial charge on any atom is 0.224 e. The Hall–Kier alpha value is -3.12. The van der Waals surface area contributed by atoms with E-state index in [1.165, 1.54) is 0 Å². The SMILES string of the molecule is C#Cc1cccc(NC(=O)CCc2cncc3ccccc23)c1. The second-order valence-electron chi connectivity index (χ2n) is 5.29. The van der Waals surface area contributed by atoms with E-state index in [1.54, 1.807) is 6.07 Å². The lowest BCUT2D eigenvalue weighted by atomic mass is 10.0. The summed E-state index contributed by atoms with van der Waals surface area (Å²) >= 11 is 0. The summed E-state index contributed by atoms with van der Waals surface area (Å²) < 4.78 is 0. The van der Waals surface area contributed by atoms with Crippen molar-refractivity contribution in [1.29, 1.82) is 0 Å². The van der Waals surface area contributed by atoms with Crippen LogP contribution in [0.4, 0.5) is 5.69 Å². The Kier molecular flexibility index (Phi) is 4.35. The summed E-state index contributed by atoms with van der Waals surface area (Å²) in [6.07, 6.45) is 10.1. The lowest BCUT2D eigenvalue weighted by Gasteiger charge is -2.07. The Morgan fingerprint density at radius 2 is 2.00 bits per heavy atom. The number of hydrogen-bond donors (Lipinski definition) is 1. The highest BCUT2D eigenvalue weighted by atomic mass is 16.1. The van der Waals surface area contributed by atoms with Gasteiger partial charge in [0.05, 0.1) is 0 Å². The number of hydrogen-bond acceptors (Lipinski definition) is 2. The van der Waals surface area contributed by atoms with Gasteiger partial charge in [0.25, 0.3) is 0 Å². The van der Waals surface area contributed by atoms with Crippen molar-refractivity contribution in [3.8, 4) is 12.3 Å². The number of pyridine rings is 1. The van der Waals surface area contributed by atoms with E-state index in [0.29, 0.717) is 12.8 Å². The van der Waals surface area contributed by atoms with E-state index in [-0.39, 0.29) is 5.91 Å². The number of terminal acetylenes is 1. The molecule has 0 aliphatic heterocycles. The number of aromatic nitrogens is 1. The lowest BCUT2D eigenvalue weighted by Crippen LogP contribution is -2.12. The number of aryl methyl sites for hydroxylation is 1. The Labute approximate surface area is 135 Å². The predicted molar refractivity (Wildman–Crippen MR) is 93.1 cm³/mol. The molecule has 112 valence electrons. The van der Waals surface area contributed by atoms with E-state index < -0.39 is 0 Å². The Morgan fingerprint density at radius 1 is 1.13 bits per heavy atom. The molecule has 1 amide bonds. The first-order valence-electron chi connectivity index (χ1n) is 7.44. The van der Waals surface area contributed by atoms with Gasteiger partial charge < -0.3 is 5.32 Å². The number of carbonyl (C=O) groups excluding carboxylic acids is 1. The molecule has 0 spiro atoms. The Bertz CT molecular complexity index is 888. The molecule has 1 N–H and O–H groups in total. The largest absolute Gasteiger partial charge is 0.326 e. The minimum Gasteiger partial charge on any atom is -0.326 e. The van der Waals surface area contributed by atoms with Crippen molar-refractivity contribution < 1.29 is 4.79 Å². The summed E-state index contributed by atoms with van der Waals surface area (Å²) in [4.78, 5) is 16.4. The highest BCUT2D eigenvalue weighted by Gasteiger charge is 2.06. The molecule has 0 saturated heterocycles. The molecule has 0 aliphatic carbocycles. The molecule has 3 heteroatoms. The minimum atomic E-state index is -0.0351. The first kappa shape index (κ1) is 14.8. The molecule has 0 aliphatic rings. The van der Waals surface area contributed by atoms with Crippen molar-refractivity contribution in [3.05, 3.63) is 72.1 Å². The number of nitrogens with one attached hydrogen (secondary N) is 1. The Balaban J connectivity index is 1.68. The van der Waals surface area contributed by atoms with Crippen LogP contribution >= 0.6 is 0 Å². The number of carbonyl (C=O) groups is 1. The fourth-order valence-corrected chi connectivity index (χ4v) is 2.54. The highest BCUT2D eigenvalue weighted by Crippen LogP contribution is 2.18. The van der Waals surface area contributed by atoms with Crippen LogP contribution in [-0.4, -0.2) is 10.9 Å². The van der Waals surface area contributed by atoms with Gasteiger partial charge in [-0.2, -0.15) is 0 Å². The number of fused-ring (bicyclic) bond motifs is 1. The van der Waals surface area contributed by atoms with Gasteiger partial charge >= 0.3 is 0 Å². The molecule has 23 heavy (non-hydrogen) atoms. The molecule has 3 rings (SSSR count). The molecule has 0 fully saturated rings. The van der Waals surface area contributed by atoms with Crippen LogP contribution in [0, 0.1) is 12.3 Å². The van der Waals surface area contributed by atoms with Gasteiger partial charge in [-0.25, -0.2) is 0 Å². The van der Waals surface area contributed by atoms with E-state index in [4.69, 9.17) is 6.42 Å². The molecule has 0 atom stereocenters. The lowest BCUT2D eigenvalue weighted by molar-refractivity contribution is -0.116. The summed E-state index contributed by atoms with van der Waals surface area (Å²) in [5.74, 6) is 2.52. The molecule has 3 aromatic rings. The number of rotatable bonds is 4. The van der Waals surface area contributed by atoms with Crippen LogP contribution in [0.15, 0.2) is 60.9 Å². The van der Waals surface area contributed by atoms with Gasteiger partial charge in [-0.3, -0.25) is 9.78 Å². The van der Waals surface area contributed by atoms with E-state index >= 15 is 0 Å². The third-order valence-electron chi connectivity index (χ3n) is 3.69. The van der Waals surface area contributed by atoms with Crippen LogP contribution in [0.1, 0.15) is 17.5 Å². The average Bonchev–Trinajstić information content (AvgIpc) is 2.60. The van der Waals surface area contributed by atoms with E-state index in [2.05, 4.69) is 22.3 Å². The van der Waals surface area contributed by atoms with Crippen molar-refractivity contribution >= 4 is 22.4 Å². The summed E-state index contributed by atoms with van der Waals surface area (Å²) in [5, 5.41) is 5.11. The van der Waals surface area contributed by atoms with Gasteiger partial charge in [0.2, 0.25) is 5.91 Å². The smallest absolute Gasteiger partial charge is 0.224 e. The van der Waals surface area contributed by atoms with Crippen molar-refractivity contribution in [2.75, 3.05) is 5.32 Å². The summed E-state index contributed by atoms with van der Waals surface area (Å²) in [7, 11) is 0. The van der Waals surface area contributed by atoms with Gasteiger partial charge in [-0.1, -0.05) is 36.3 Å². The molecule has 1 aromatic heterocycles. The van der Waals surface area contributed by atoms with Crippen LogP contribution in [0.3, 0.4) is 0 Å². The van der Waals surface area contributed by atoms with Crippen molar-refractivity contribution in [2.45, 2.75) is 12.8 Å². The first-order chi connectivity index (χ1) is 11.3. The molecule has 1 heterocycles. The second kappa shape index (κ2) is 6.76. The third kappa shape index (κ3) is 3.56. The van der Waals surface area contributed by atoms with Gasteiger partial charge in [-0.05, 0) is 35.6 Å². The standard InChI is InChI=1S/C20H16N2O/c1-2-15-6-5-8-18(12-15)22-20(23)11-10-17-14-21-13-16-7-3-4-9-19(16)17/h1,3-9,12-14H,10-11H2,(H,22,23). The van der Waals surface area contributed by atoms with E-state index in [0.717, 1.165) is 27.6 Å². The van der Waals surface area contributed by atoms with Gasteiger partial charge in [0.1, 0.15) is 0 Å². The highest BCUT2D eigenvalue weighted by molar-refractivity contribution is 5.91. The molecular formula is C20H16N2O. The van der Waals surface area contributed by atoms with Gasteiger partial charge in [0.15, 0.2) is 0 Å². The van der Waals surface area contributed by atoms with Gasteiger partial charge in [0, 0.05) is 35.5 Å². The number of benzene rings is 2. The fraction of sp³-hybridized carbons (Fsp3) is 0.100. The first-order valence-corrected chi connectivity index (χ1v) is 7.44. The van der Waals surface area contributed by atoms with Crippen LogP contribution < -0.4 is 5.32 Å². The predicted octanol–water partition coefficient (Wildman–Crippen LogP) is 3.79. The molecule has 2 aromatic carbocycles. The number of anilines is 1. The zero-order valence-corrected chi connectivity index (χ0v) is 12.6. The minimum absolute atomic E-state index is 0.0351. The monoisotopic (exact) mass is 300 g/mol. The molecule has 3 nitrogen and oxygen atoms in total. The Morgan fingerprint density at radius 3 is 2.87 bits per heavy atom. The zero-order chi connectivity index (χ0) is 16.1. The van der Waals surface area contributed by atoms with Crippen molar-refractivity contribution in [1.82, 2.24) is 4.98 Å². The van der Waals surface area contributed by atoms with Crippen molar-refractivity contribution in [2.24, 2.45) is 0 Å². The number of amides is 1. The number of nitrogens with zero attached hydrogens (tertiary/aromatic N) is 1. The molecule has 0 bridgehead atoms. The van der Waals surface area contributed by atoms with Crippen LogP contribution in [0.2, 0.25) is 0 Å². The molecule has 0 unspecified atom stereocenters. The maximum absolute atomic E-state index is 12.1. The van der Waals surface area contributed by atoms with Gasteiger partial charge in [-0.15, -0.1) is 6.42 Å². The molecular weight excluding hydrogens is 284 g/mol. The molecule has 0 saturated carbocycles. The van der Waals surface area contributed by atoms with Crippen molar-refractivity contribution in [3.63, 3.8) is 0 Å². The van der Waals surface area contributed by atoms with E-state index in [1.807, 2.05) is 48.8 Å². The zero-order valence-electron chi connectivity index (χ0n) is 12.6. The fourth-order valence-electron chi connectivity index (χ4n) is 2.54. The van der Waals surface area contributed by atoms with E-state index in [9.17, 15) is 4.79 Å². The molecule has 0 radical (unpaired) electrons. The average molecular weight is 300 g/mol. The second-order valence-corrected chi connectivity index (χ2v) is 5.29. The normalized spacial score (nSPS) is 10.2. The third-order valence-corrected chi connectivity index (χ3v) is 3.69. The summed E-state index contributed by atoms with van der Waals surface area (Å²) in [6.45, 7) is 0. The van der Waals surface area contributed by atoms with Crippen LogP contribution in [-0.2, 0) is 11.2 Å². The topological polar surface area (TPSA) is 42.0 Å². The van der Waals surface area contributed by atoms with Crippen LogP contribution in [0.25, 0.3) is 10.8 Å². The van der Waals surface area contributed by atoms with Crippen LogP contribution in [0.5, 0.6) is 0 Å². The quantitative estimate of drug-likeness (QED) is 0.745. The summed E-state index contributed by atoms with van der Waals surface area (Å²) in [5.41, 5.74) is 2.55.